The van der Waals surface area contributed by atoms with Crippen molar-refractivity contribution in [3.63, 3.8) is 0 Å². The summed E-state index contributed by atoms with van der Waals surface area (Å²) in [5.74, 6) is 5.35. The Balaban J connectivity index is 2.98. The first-order valence-corrected chi connectivity index (χ1v) is 7.46. The van der Waals surface area contributed by atoms with Crippen LogP contribution in [0.15, 0.2) is 18.5 Å². The van der Waals surface area contributed by atoms with Crippen LogP contribution in [0.1, 0.15) is 56.0 Å². The van der Waals surface area contributed by atoms with Gasteiger partial charge in [0.2, 0.25) is 0 Å². The molecule has 4 nitrogen and oxygen atoms in total. The number of aliphatic hydroxyl groups is 1. The topological polar surface area (TPSA) is 53.4 Å². The van der Waals surface area contributed by atoms with Crippen LogP contribution in [-0.2, 0) is 0 Å². The third kappa shape index (κ3) is 5.20. The highest BCUT2D eigenvalue weighted by Crippen LogP contribution is 2.13. The molecular weight excluding hydrogens is 264 g/mol. The molecule has 0 unspecified atom stereocenters. The van der Waals surface area contributed by atoms with Crippen molar-refractivity contribution in [1.29, 1.82) is 0 Å². The SMILES string of the molecule is CCCCCN(C(=O)c1ccncc1C#CCO)C(C)C. The van der Waals surface area contributed by atoms with Crippen LogP contribution < -0.4 is 0 Å². The van der Waals surface area contributed by atoms with Gasteiger partial charge >= 0.3 is 0 Å². The number of rotatable bonds is 6. The van der Waals surface area contributed by atoms with E-state index < -0.39 is 0 Å². The first-order chi connectivity index (χ1) is 10.1. The lowest BCUT2D eigenvalue weighted by Crippen LogP contribution is -2.38. The highest BCUT2D eigenvalue weighted by atomic mass is 16.2. The summed E-state index contributed by atoms with van der Waals surface area (Å²) >= 11 is 0. The second kappa shape index (κ2) is 9.15. The predicted octanol–water partition coefficient (Wildman–Crippen LogP) is 2.47. The van der Waals surface area contributed by atoms with E-state index in [4.69, 9.17) is 5.11 Å². The molecule has 0 aliphatic heterocycles. The molecule has 114 valence electrons. The molecule has 1 aromatic heterocycles. The molecule has 1 N–H and O–H groups in total. The Hall–Kier alpha value is -1.86. The Bertz CT molecular complexity index is 515. The Morgan fingerprint density at radius 1 is 1.43 bits per heavy atom. The normalized spacial score (nSPS) is 10.1. The van der Waals surface area contributed by atoms with Crippen molar-refractivity contribution >= 4 is 5.91 Å². The zero-order valence-electron chi connectivity index (χ0n) is 13.1. The molecule has 21 heavy (non-hydrogen) atoms. The number of aliphatic hydroxyl groups excluding tert-OH is 1. The standard InChI is InChI=1S/C17H24N2O2/c1-4-5-6-11-19(14(2)3)17(21)16-9-10-18-13-15(16)8-7-12-20/h9-10,13-14,20H,4-6,11-12H2,1-3H3. The van der Waals surface area contributed by atoms with Crippen molar-refractivity contribution in [2.24, 2.45) is 0 Å². The van der Waals surface area contributed by atoms with Crippen LogP contribution in [0.2, 0.25) is 0 Å². The quantitative estimate of drug-likeness (QED) is 0.646. The van der Waals surface area contributed by atoms with Gasteiger partial charge in [0, 0.05) is 25.0 Å². The number of unbranched alkanes of at least 4 members (excludes halogenated alkanes) is 2. The van der Waals surface area contributed by atoms with Crippen LogP contribution in [0.4, 0.5) is 0 Å². The summed E-state index contributed by atoms with van der Waals surface area (Å²) in [6.07, 6.45) is 6.41. The maximum atomic E-state index is 12.7. The highest BCUT2D eigenvalue weighted by Gasteiger charge is 2.20. The minimum atomic E-state index is -0.229. The maximum absolute atomic E-state index is 12.7. The average molecular weight is 288 g/mol. The lowest BCUT2D eigenvalue weighted by molar-refractivity contribution is 0.0702. The van der Waals surface area contributed by atoms with Gasteiger partial charge in [-0.3, -0.25) is 9.78 Å². The van der Waals surface area contributed by atoms with E-state index in [9.17, 15) is 4.79 Å². The molecule has 1 amide bonds. The molecular formula is C17H24N2O2. The van der Waals surface area contributed by atoms with Gasteiger partial charge in [-0.05, 0) is 26.3 Å². The second-order valence-electron chi connectivity index (χ2n) is 5.18. The number of hydrogen-bond donors (Lipinski definition) is 1. The van der Waals surface area contributed by atoms with E-state index in [-0.39, 0.29) is 18.6 Å². The average Bonchev–Trinajstić information content (AvgIpc) is 2.49. The lowest BCUT2D eigenvalue weighted by atomic mass is 10.1. The summed E-state index contributed by atoms with van der Waals surface area (Å²) in [5, 5.41) is 8.81. The molecule has 4 heteroatoms. The fourth-order valence-corrected chi connectivity index (χ4v) is 2.10. The summed E-state index contributed by atoms with van der Waals surface area (Å²) in [7, 11) is 0. The van der Waals surface area contributed by atoms with Crippen molar-refractivity contribution in [1.82, 2.24) is 9.88 Å². The molecule has 0 bridgehead atoms. The summed E-state index contributed by atoms with van der Waals surface area (Å²) < 4.78 is 0. The Labute approximate surface area is 127 Å². The molecule has 1 aromatic rings. The summed E-state index contributed by atoms with van der Waals surface area (Å²) in [4.78, 5) is 18.6. The molecule has 0 saturated heterocycles. The fourth-order valence-electron chi connectivity index (χ4n) is 2.10. The van der Waals surface area contributed by atoms with Crippen molar-refractivity contribution < 1.29 is 9.90 Å². The van der Waals surface area contributed by atoms with E-state index >= 15 is 0 Å². The van der Waals surface area contributed by atoms with Crippen molar-refractivity contribution in [2.75, 3.05) is 13.2 Å². The molecule has 0 aliphatic rings. The number of nitrogens with zero attached hydrogens (tertiary/aromatic N) is 2. The molecule has 0 fully saturated rings. The first-order valence-electron chi connectivity index (χ1n) is 7.46. The van der Waals surface area contributed by atoms with Crippen molar-refractivity contribution in [3.05, 3.63) is 29.6 Å². The summed E-state index contributed by atoms with van der Waals surface area (Å²) in [6.45, 7) is 6.70. The second-order valence-corrected chi connectivity index (χ2v) is 5.18. The molecule has 0 spiro atoms. The smallest absolute Gasteiger partial charge is 0.255 e. The maximum Gasteiger partial charge on any atom is 0.255 e. The fraction of sp³-hybridized carbons (Fsp3) is 0.529. The monoisotopic (exact) mass is 288 g/mol. The number of carbonyl (C=O) groups excluding carboxylic acids is 1. The molecule has 0 saturated carbocycles. The van der Waals surface area contributed by atoms with E-state index in [1.165, 1.54) is 0 Å². The van der Waals surface area contributed by atoms with Gasteiger partial charge in [0.15, 0.2) is 0 Å². The number of carbonyl (C=O) groups is 1. The molecule has 1 rings (SSSR count). The zero-order valence-corrected chi connectivity index (χ0v) is 13.1. The zero-order chi connectivity index (χ0) is 15.7. The van der Waals surface area contributed by atoms with Gasteiger partial charge in [0.05, 0.1) is 11.1 Å². The molecule has 0 aromatic carbocycles. The highest BCUT2D eigenvalue weighted by molar-refractivity contribution is 5.96. The van der Waals surface area contributed by atoms with E-state index in [0.717, 1.165) is 25.8 Å². The first kappa shape index (κ1) is 17.2. The molecule has 0 aliphatic carbocycles. The van der Waals surface area contributed by atoms with Crippen LogP contribution in [0, 0.1) is 11.8 Å². The molecule has 0 atom stereocenters. The van der Waals surface area contributed by atoms with Crippen LogP contribution in [0.3, 0.4) is 0 Å². The Morgan fingerprint density at radius 2 is 2.19 bits per heavy atom. The number of hydrogen-bond acceptors (Lipinski definition) is 3. The van der Waals surface area contributed by atoms with Gasteiger partial charge in [-0.2, -0.15) is 0 Å². The van der Waals surface area contributed by atoms with Crippen molar-refractivity contribution in [2.45, 2.75) is 46.1 Å². The van der Waals surface area contributed by atoms with E-state index in [1.54, 1.807) is 18.5 Å². The van der Waals surface area contributed by atoms with Gasteiger partial charge in [0.1, 0.15) is 6.61 Å². The van der Waals surface area contributed by atoms with Gasteiger partial charge in [-0.1, -0.05) is 31.6 Å². The van der Waals surface area contributed by atoms with Crippen LogP contribution in [0.5, 0.6) is 0 Å². The predicted molar refractivity (Wildman–Crippen MR) is 83.9 cm³/mol. The number of amides is 1. The number of aromatic nitrogens is 1. The van der Waals surface area contributed by atoms with Gasteiger partial charge in [-0.15, -0.1) is 0 Å². The van der Waals surface area contributed by atoms with Gasteiger partial charge in [-0.25, -0.2) is 0 Å². The lowest BCUT2D eigenvalue weighted by Gasteiger charge is -2.27. The molecule has 1 heterocycles. The minimum Gasteiger partial charge on any atom is -0.384 e. The van der Waals surface area contributed by atoms with Gasteiger partial charge in [0.25, 0.3) is 5.91 Å². The largest absolute Gasteiger partial charge is 0.384 e. The summed E-state index contributed by atoms with van der Waals surface area (Å²) in [6, 6.07) is 1.83. The minimum absolute atomic E-state index is 0.0225. The number of pyridine rings is 1. The summed E-state index contributed by atoms with van der Waals surface area (Å²) in [5.41, 5.74) is 1.12. The van der Waals surface area contributed by atoms with Crippen LogP contribution in [-0.4, -0.2) is 40.1 Å². The third-order valence-corrected chi connectivity index (χ3v) is 3.24. The third-order valence-electron chi connectivity index (χ3n) is 3.24. The van der Waals surface area contributed by atoms with Crippen LogP contribution in [0.25, 0.3) is 0 Å². The van der Waals surface area contributed by atoms with Gasteiger partial charge < -0.3 is 10.0 Å². The Kier molecular flexibility index (Phi) is 7.49. The van der Waals surface area contributed by atoms with E-state index in [1.807, 2.05) is 18.7 Å². The van der Waals surface area contributed by atoms with E-state index in [2.05, 4.69) is 23.7 Å². The van der Waals surface area contributed by atoms with Crippen molar-refractivity contribution in [3.8, 4) is 11.8 Å². The molecule has 0 radical (unpaired) electrons. The Morgan fingerprint density at radius 3 is 2.81 bits per heavy atom. The van der Waals surface area contributed by atoms with E-state index in [0.29, 0.717) is 11.1 Å². The van der Waals surface area contributed by atoms with Crippen LogP contribution >= 0.6 is 0 Å².